The van der Waals surface area contributed by atoms with E-state index in [4.69, 9.17) is 10.00 Å². The first-order valence-electron chi connectivity index (χ1n) is 10.4. The molecule has 2 heterocycles. The molecule has 2 aliphatic heterocycles. The van der Waals surface area contributed by atoms with E-state index < -0.39 is 30.3 Å². The molecule has 1 unspecified atom stereocenters. The molecule has 2 atom stereocenters. The van der Waals surface area contributed by atoms with Crippen LogP contribution in [-0.4, -0.2) is 67.2 Å². The van der Waals surface area contributed by atoms with Crippen molar-refractivity contribution in [3.63, 3.8) is 0 Å². The second kappa shape index (κ2) is 9.85. The van der Waals surface area contributed by atoms with Gasteiger partial charge < -0.3 is 19.6 Å². The average molecular weight is 448 g/mol. The highest BCUT2D eigenvalue weighted by Crippen LogP contribution is 2.31. The second-order valence-electron chi connectivity index (χ2n) is 8.35. The Hall–Kier alpha value is -3.35. The normalized spacial score (nSPS) is 22.2. The summed E-state index contributed by atoms with van der Waals surface area (Å²) >= 11 is 0. The fourth-order valence-electron chi connectivity index (χ4n) is 3.95. The summed E-state index contributed by atoms with van der Waals surface area (Å²) in [5.74, 6) is -0.489. The lowest BCUT2D eigenvalue weighted by Crippen LogP contribution is -2.40. The number of benzene rings is 1. The van der Waals surface area contributed by atoms with E-state index in [9.17, 15) is 23.5 Å². The molecule has 3 rings (SSSR count). The highest BCUT2D eigenvalue weighted by molar-refractivity contribution is 5.90. The Morgan fingerprint density at radius 1 is 1.44 bits per heavy atom. The molecule has 2 aliphatic rings. The van der Waals surface area contributed by atoms with Crippen LogP contribution in [0.15, 0.2) is 29.8 Å². The number of hydrogen-bond acceptors (Lipinski definition) is 5. The fraction of sp³-hybridized carbons (Fsp3) is 0.500. The van der Waals surface area contributed by atoms with Crippen molar-refractivity contribution in [2.24, 2.45) is 5.92 Å². The first-order chi connectivity index (χ1) is 15.2. The Balaban J connectivity index is 1.68. The zero-order chi connectivity index (χ0) is 23.4. The van der Waals surface area contributed by atoms with Crippen LogP contribution >= 0.6 is 0 Å². The predicted octanol–water partition coefficient (Wildman–Crippen LogP) is 3.79. The Kier molecular flexibility index (Phi) is 7.18. The van der Waals surface area contributed by atoms with Gasteiger partial charge >= 0.3 is 12.2 Å². The minimum absolute atomic E-state index is 0.0283. The second-order valence-corrected chi connectivity index (χ2v) is 8.35. The first-order valence-corrected chi connectivity index (χ1v) is 10.4. The van der Waals surface area contributed by atoms with E-state index in [2.05, 4.69) is 0 Å². The number of allylic oxidation sites excluding steroid dienone is 1. The molecule has 1 aromatic rings. The van der Waals surface area contributed by atoms with Crippen LogP contribution < -0.4 is 9.80 Å². The third-order valence-corrected chi connectivity index (χ3v) is 5.44. The van der Waals surface area contributed by atoms with E-state index in [0.717, 1.165) is 0 Å². The van der Waals surface area contributed by atoms with Crippen molar-refractivity contribution in [2.45, 2.75) is 32.5 Å². The number of rotatable bonds is 6. The lowest BCUT2D eigenvalue weighted by molar-refractivity contribution is 0.0924. The molecule has 10 heteroatoms. The molecule has 0 aliphatic carbocycles. The molecule has 0 radical (unpaired) electrons. The van der Waals surface area contributed by atoms with Gasteiger partial charge in [0.2, 0.25) is 0 Å². The largest absolute Gasteiger partial charge is 0.465 e. The van der Waals surface area contributed by atoms with Gasteiger partial charge in [0.15, 0.2) is 0 Å². The number of ether oxygens (including phenoxy) is 1. The maximum absolute atomic E-state index is 14.8. The Labute approximate surface area is 185 Å². The maximum Gasteiger partial charge on any atom is 0.414 e. The summed E-state index contributed by atoms with van der Waals surface area (Å²) in [5.41, 5.74) is 0.897. The van der Waals surface area contributed by atoms with Gasteiger partial charge in [-0.25, -0.2) is 18.4 Å². The smallest absolute Gasteiger partial charge is 0.414 e. The summed E-state index contributed by atoms with van der Waals surface area (Å²) < 4.78 is 34.4. The molecule has 0 saturated carbocycles. The minimum Gasteiger partial charge on any atom is -0.465 e. The van der Waals surface area contributed by atoms with E-state index in [1.54, 1.807) is 11.0 Å². The summed E-state index contributed by atoms with van der Waals surface area (Å²) in [6.07, 6.45) is -2.26. The van der Waals surface area contributed by atoms with Crippen LogP contribution in [0.2, 0.25) is 0 Å². The quantitative estimate of drug-likeness (QED) is 0.665. The number of alkyl halides is 1. The Bertz CT molecular complexity index is 946. The molecule has 8 nitrogen and oxygen atoms in total. The molecule has 32 heavy (non-hydrogen) atoms. The van der Waals surface area contributed by atoms with E-state index >= 15 is 0 Å². The fourth-order valence-corrected chi connectivity index (χ4v) is 3.95. The summed E-state index contributed by atoms with van der Waals surface area (Å²) in [6, 6.07) is 6.06. The molecular weight excluding hydrogens is 422 g/mol. The third kappa shape index (κ3) is 5.28. The molecule has 2 saturated heterocycles. The molecule has 0 aromatic heterocycles. The number of piperidine rings is 1. The number of amides is 2. The van der Waals surface area contributed by atoms with Crippen LogP contribution in [-0.2, 0) is 4.74 Å². The zero-order valence-corrected chi connectivity index (χ0v) is 18.0. The zero-order valence-electron chi connectivity index (χ0n) is 18.0. The van der Waals surface area contributed by atoms with Gasteiger partial charge in [-0.1, -0.05) is 13.8 Å². The highest BCUT2D eigenvalue weighted by Gasteiger charge is 2.35. The molecular formula is C22H26F2N4O4. The monoisotopic (exact) mass is 448 g/mol. The molecule has 2 fully saturated rings. The number of nitrogens with zero attached hydrogens (tertiary/aromatic N) is 4. The van der Waals surface area contributed by atoms with Gasteiger partial charge in [-0.2, -0.15) is 5.26 Å². The van der Waals surface area contributed by atoms with Gasteiger partial charge in [-0.05, 0) is 36.1 Å². The number of anilines is 2. The lowest BCUT2D eigenvalue weighted by Gasteiger charge is -2.32. The molecule has 1 aromatic carbocycles. The van der Waals surface area contributed by atoms with Crippen LogP contribution in [0.25, 0.3) is 0 Å². The van der Waals surface area contributed by atoms with Gasteiger partial charge in [0.05, 0.1) is 37.1 Å². The highest BCUT2D eigenvalue weighted by atomic mass is 19.1. The van der Waals surface area contributed by atoms with Gasteiger partial charge in [0.25, 0.3) is 0 Å². The van der Waals surface area contributed by atoms with Crippen LogP contribution in [0, 0.1) is 23.1 Å². The van der Waals surface area contributed by atoms with Crippen molar-refractivity contribution in [1.29, 1.82) is 5.26 Å². The number of carboxylic acid groups (broad SMARTS) is 1. The molecule has 2 amide bonds. The molecule has 172 valence electrons. The van der Waals surface area contributed by atoms with Gasteiger partial charge in [-0.3, -0.25) is 4.90 Å². The molecule has 1 N–H and O–H groups in total. The van der Waals surface area contributed by atoms with Crippen molar-refractivity contribution in [3.8, 4) is 6.07 Å². The number of halogens is 2. The molecule has 0 bridgehead atoms. The van der Waals surface area contributed by atoms with Crippen LogP contribution in [0.3, 0.4) is 0 Å². The summed E-state index contributed by atoms with van der Waals surface area (Å²) in [4.78, 5) is 27.8. The van der Waals surface area contributed by atoms with Crippen LogP contribution in [0.5, 0.6) is 0 Å². The number of carbonyl (C=O) groups excluding carboxylic acids is 1. The number of hydrogen-bond donors (Lipinski definition) is 1. The summed E-state index contributed by atoms with van der Waals surface area (Å²) in [6.45, 7) is 4.53. The van der Waals surface area contributed by atoms with Crippen molar-refractivity contribution in [1.82, 2.24) is 4.90 Å². The number of nitriles is 1. The number of cyclic esters (lactones) is 1. The van der Waals surface area contributed by atoms with E-state index in [1.165, 1.54) is 28.0 Å². The Morgan fingerprint density at radius 3 is 2.78 bits per heavy atom. The predicted molar refractivity (Wildman–Crippen MR) is 114 cm³/mol. The minimum atomic E-state index is -1.35. The maximum atomic E-state index is 14.8. The van der Waals surface area contributed by atoms with Crippen molar-refractivity contribution < 1.29 is 28.2 Å². The molecule has 0 spiro atoms. The summed E-state index contributed by atoms with van der Waals surface area (Å²) in [5, 5.41) is 18.1. The van der Waals surface area contributed by atoms with Gasteiger partial charge in [0, 0.05) is 19.2 Å². The van der Waals surface area contributed by atoms with Crippen molar-refractivity contribution in [3.05, 3.63) is 35.7 Å². The van der Waals surface area contributed by atoms with E-state index in [0.29, 0.717) is 25.1 Å². The van der Waals surface area contributed by atoms with E-state index in [-0.39, 0.29) is 36.9 Å². The van der Waals surface area contributed by atoms with E-state index in [1.807, 2.05) is 19.9 Å². The van der Waals surface area contributed by atoms with Crippen molar-refractivity contribution in [2.75, 3.05) is 42.5 Å². The Morgan fingerprint density at radius 2 is 2.19 bits per heavy atom. The van der Waals surface area contributed by atoms with Crippen molar-refractivity contribution >= 4 is 23.6 Å². The third-order valence-electron chi connectivity index (χ3n) is 5.44. The standard InChI is InChI=1S/C22H26F2N4O4/c1-14(2)10-27(21(29)30)11-17-12-28(22(31)32-17)16-3-4-20(18(23)9-16)26-8-6-15(5-7-25)19(24)13-26/h3-5,9,14,17,19H,6,8,10-13H2,1-2H3,(H,29,30)/t17?,19-/m1/s1. The van der Waals surface area contributed by atoms with Crippen LogP contribution in [0.4, 0.5) is 29.7 Å². The SMILES string of the molecule is CC(C)CN(CC1CN(c2ccc(N3CCC(=CC#N)[C@H](F)C3)c(F)c2)C(=O)O1)C(=O)O. The van der Waals surface area contributed by atoms with Crippen LogP contribution in [0.1, 0.15) is 20.3 Å². The number of carbonyl (C=O) groups is 2. The van der Waals surface area contributed by atoms with Gasteiger partial charge in [-0.15, -0.1) is 0 Å². The summed E-state index contributed by atoms with van der Waals surface area (Å²) in [7, 11) is 0. The average Bonchev–Trinajstić information content (AvgIpc) is 3.09. The topological polar surface area (TPSA) is 97.1 Å². The lowest BCUT2D eigenvalue weighted by atomic mass is 10.0. The van der Waals surface area contributed by atoms with Gasteiger partial charge in [0.1, 0.15) is 18.1 Å². The first kappa shape index (κ1) is 23.3.